The summed E-state index contributed by atoms with van der Waals surface area (Å²) in [5, 5.41) is 2.60. The summed E-state index contributed by atoms with van der Waals surface area (Å²) >= 11 is 0. The summed E-state index contributed by atoms with van der Waals surface area (Å²) < 4.78 is 0. The first-order chi connectivity index (χ1) is 9.49. The molecule has 1 aromatic rings. The Morgan fingerprint density at radius 1 is 1.30 bits per heavy atom. The Balaban J connectivity index is 2.21. The van der Waals surface area contributed by atoms with Gasteiger partial charge in [-0.15, -0.1) is 0 Å². The molecule has 0 saturated carbocycles. The molecule has 0 bridgehead atoms. The molecule has 20 heavy (non-hydrogen) atoms. The second-order valence-electron chi connectivity index (χ2n) is 5.45. The van der Waals surface area contributed by atoms with Crippen molar-refractivity contribution >= 4 is 17.6 Å². The van der Waals surface area contributed by atoms with Crippen molar-refractivity contribution in [1.82, 2.24) is 9.88 Å². The van der Waals surface area contributed by atoms with Crippen molar-refractivity contribution in [2.75, 3.05) is 5.32 Å². The topological polar surface area (TPSA) is 62.3 Å². The molecule has 1 fully saturated rings. The van der Waals surface area contributed by atoms with Crippen LogP contribution in [0.2, 0.25) is 0 Å². The van der Waals surface area contributed by atoms with E-state index in [1.807, 2.05) is 4.90 Å². The van der Waals surface area contributed by atoms with Gasteiger partial charge in [-0.05, 0) is 45.2 Å². The van der Waals surface area contributed by atoms with Crippen LogP contribution in [0.1, 0.15) is 50.4 Å². The van der Waals surface area contributed by atoms with Crippen LogP contribution < -0.4 is 5.32 Å². The second kappa shape index (κ2) is 6.03. The Bertz CT molecular complexity index is 506. The van der Waals surface area contributed by atoms with E-state index >= 15 is 0 Å². The van der Waals surface area contributed by atoms with E-state index in [-0.39, 0.29) is 23.9 Å². The summed E-state index contributed by atoms with van der Waals surface area (Å²) in [6.07, 6.45) is 4.80. The molecule has 2 unspecified atom stereocenters. The molecule has 5 heteroatoms. The van der Waals surface area contributed by atoms with Gasteiger partial charge in [0.15, 0.2) is 0 Å². The molecule has 0 spiro atoms. The number of hydrogen-bond acceptors (Lipinski definition) is 3. The zero-order valence-electron chi connectivity index (χ0n) is 12.2. The van der Waals surface area contributed by atoms with Gasteiger partial charge in [-0.3, -0.25) is 9.59 Å². The largest absolute Gasteiger partial charge is 0.333 e. The third kappa shape index (κ3) is 3.15. The predicted molar refractivity (Wildman–Crippen MR) is 77.5 cm³/mol. The zero-order valence-corrected chi connectivity index (χ0v) is 12.2. The number of hydrogen-bond donors (Lipinski definition) is 1. The van der Waals surface area contributed by atoms with Crippen LogP contribution in [0, 0.1) is 0 Å². The van der Waals surface area contributed by atoms with E-state index in [4.69, 9.17) is 0 Å². The standard InChI is InChI=1S/C15H21N3O2/c1-10-5-4-6-11(2)18(10)15(20)13-7-8-16-14(9-13)17-12(3)19/h7-11H,4-6H2,1-3H3,(H,16,17,19). The molecular weight excluding hydrogens is 254 g/mol. The summed E-state index contributed by atoms with van der Waals surface area (Å²) in [7, 11) is 0. The number of carbonyl (C=O) groups excluding carboxylic acids is 2. The predicted octanol–water partition coefficient (Wildman–Crippen LogP) is 2.44. The minimum absolute atomic E-state index is 0.0127. The van der Waals surface area contributed by atoms with Gasteiger partial charge in [0.25, 0.3) is 5.91 Å². The van der Waals surface area contributed by atoms with E-state index in [1.54, 1.807) is 18.3 Å². The number of nitrogens with one attached hydrogen (secondary N) is 1. The fraction of sp³-hybridized carbons (Fsp3) is 0.533. The van der Waals surface area contributed by atoms with Gasteiger partial charge in [0.2, 0.25) is 5.91 Å². The highest BCUT2D eigenvalue weighted by Crippen LogP contribution is 2.24. The Kier molecular flexibility index (Phi) is 4.37. The number of anilines is 1. The van der Waals surface area contributed by atoms with Gasteiger partial charge in [-0.25, -0.2) is 4.98 Å². The molecule has 2 amide bonds. The SMILES string of the molecule is CC(=O)Nc1cc(C(=O)N2C(C)CCCC2C)ccn1. The number of rotatable bonds is 2. The number of amides is 2. The van der Waals surface area contributed by atoms with E-state index in [1.165, 1.54) is 13.3 Å². The van der Waals surface area contributed by atoms with Gasteiger partial charge >= 0.3 is 0 Å². The van der Waals surface area contributed by atoms with Crippen LogP contribution in [0.15, 0.2) is 18.3 Å². The van der Waals surface area contributed by atoms with Gasteiger partial charge in [0, 0.05) is 30.8 Å². The molecule has 2 heterocycles. The summed E-state index contributed by atoms with van der Waals surface area (Å²) in [5.74, 6) is 0.237. The van der Waals surface area contributed by atoms with E-state index < -0.39 is 0 Å². The molecule has 0 aliphatic carbocycles. The highest BCUT2D eigenvalue weighted by Gasteiger charge is 2.29. The van der Waals surface area contributed by atoms with E-state index in [2.05, 4.69) is 24.1 Å². The summed E-state index contributed by atoms with van der Waals surface area (Å²) in [6, 6.07) is 3.84. The van der Waals surface area contributed by atoms with Gasteiger partial charge in [-0.2, -0.15) is 0 Å². The lowest BCUT2D eigenvalue weighted by Gasteiger charge is -2.39. The minimum atomic E-state index is -0.193. The van der Waals surface area contributed by atoms with Gasteiger partial charge in [-0.1, -0.05) is 0 Å². The molecule has 1 aliphatic heterocycles. The lowest BCUT2D eigenvalue weighted by atomic mass is 9.96. The van der Waals surface area contributed by atoms with Gasteiger partial charge in [0.1, 0.15) is 5.82 Å². The highest BCUT2D eigenvalue weighted by atomic mass is 16.2. The first kappa shape index (κ1) is 14.5. The first-order valence-electron chi connectivity index (χ1n) is 7.05. The van der Waals surface area contributed by atoms with Crippen molar-refractivity contribution in [3.63, 3.8) is 0 Å². The van der Waals surface area contributed by atoms with Crippen LogP contribution in [0.3, 0.4) is 0 Å². The lowest BCUT2D eigenvalue weighted by molar-refractivity contribution is -0.114. The molecule has 2 rings (SSSR count). The molecule has 0 aromatic carbocycles. The second-order valence-corrected chi connectivity index (χ2v) is 5.45. The normalized spacial score (nSPS) is 22.4. The van der Waals surface area contributed by atoms with Crippen LogP contribution in [-0.4, -0.2) is 33.8 Å². The number of likely N-dealkylation sites (tertiary alicyclic amines) is 1. The summed E-state index contributed by atoms with van der Waals surface area (Å²) in [5.41, 5.74) is 0.573. The molecule has 1 aromatic heterocycles. The maximum Gasteiger partial charge on any atom is 0.254 e. The zero-order chi connectivity index (χ0) is 14.7. The number of carbonyl (C=O) groups is 2. The molecule has 1 N–H and O–H groups in total. The monoisotopic (exact) mass is 275 g/mol. The average molecular weight is 275 g/mol. The third-order valence-electron chi connectivity index (χ3n) is 3.74. The fourth-order valence-corrected chi connectivity index (χ4v) is 2.78. The first-order valence-corrected chi connectivity index (χ1v) is 7.05. The molecule has 5 nitrogen and oxygen atoms in total. The van der Waals surface area contributed by atoms with Crippen molar-refractivity contribution in [3.8, 4) is 0 Å². The molecule has 1 aliphatic rings. The van der Waals surface area contributed by atoms with Gasteiger partial charge < -0.3 is 10.2 Å². The Morgan fingerprint density at radius 3 is 2.55 bits per heavy atom. The molecule has 2 atom stereocenters. The maximum absolute atomic E-state index is 12.6. The third-order valence-corrected chi connectivity index (χ3v) is 3.74. The van der Waals surface area contributed by atoms with Crippen LogP contribution >= 0.6 is 0 Å². The van der Waals surface area contributed by atoms with Crippen LogP contribution in [-0.2, 0) is 4.79 Å². The Morgan fingerprint density at radius 2 is 1.95 bits per heavy atom. The van der Waals surface area contributed by atoms with Crippen molar-refractivity contribution in [1.29, 1.82) is 0 Å². The van der Waals surface area contributed by atoms with Crippen molar-refractivity contribution in [2.45, 2.75) is 52.1 Å². The Hall–Kier alpha value is -1.91. The number of piperidine rings is 1. The van der Waals surface area contributed by atoms with Crippen LogP contribution in [0.5, 0.6) is 0 Å². The van der Waals surface area contributed by atoms with Gasteiger partial charge in [0.05, 0.1) is 0 Å². The summed E-state index contributed by atoms with van der Waals surface area (Å²) in [6.45, 7) is 5.60. The molecule has 0 radical (unpaired) electrons. The van der Waals surface area contributed by atoms with E-state index in [0.29, 0.717) is 11.4 Å². The molecule has 108 valence electrons. The fourth-order valence-electron chi connectivity index (χ4n) is 2.78. The molecular formula is C15H21N3O2. The molecule has 1 saturated heterocycles. The van der Waals surface area contributed by atoms with E-state index in [9.17, 15) is 9.59 Å². The van der Waals surface area contributed by atoms with Crippen molar-refractivity contribution in [3.05, 3.63) is 23.9 Å². The lowest BCUT2D eigenvalue weighted by Crippen LogP contribution is -2.47. The Labute approximate surface area is 119 Å². The van der Waals surface area contributed by atoms with Crippen molar-refractivity contribution in [2.24, 2.45) is 0 Å². The average Bonchev–Trinajstić information content (AvgIpc) is 2.38. The van der Waals surface area contributed by atoms with E-state index in [0.717, 1.165) is 12.8 Å². The minimum Gasteiger partial charge on any atom is -0.333 e. The quantitative estimate of drug-likeness (QED) is 0.901. The summed E-state index contributed by atoms with van der Waals surface area (Å²) in [4.78, 5) is 29.7. The van der Waals surface area contributed by atoms with Crippen LogP contribution in [0.4, 0.5) is 5.82 Å². The van der Waals surface area contributed by atoms with Crippen LogP contribution in [0.25, 0.3) is 0 Å². The highest BCUT2D eigenvalue weighted by molar-refractivity contribution is 5.96. The smallest absolute Gasteiger partial charge is 0.254 e. The number of nitrogens with zero attached hydrogens (tertiary/aromatic N) is 2. The number of aromatic nitrogens is 1. The number of pyridine rings is 1. The van der Waals surface area contributed by atoms with Crippen molar-refractivity contribution < 1.29 is 9.59 Å². The maximum atomic E-state index is 12.6.